The topological polar surface area (TPSA) is 39.9 Å². The molecule has 0 aliphatic rings. The van der Waals surface area contributed by atoms with Crippen LogP contribution in [0.4, 0.5) is 4.39 Å². The van der Waals surface area contributed by atoms with Gasteiger partial charge in [-0.05, 0) is 37.3 Å². The number of para-hydroxylation sites is 1. The minimum absolute atomic E-state index is 0.261. The third-order valence-corrected chi connectivity index (χ3v) is 4.64. The molecule has 0 N–H and O–H groups in total. The lowest BCUT2D eigenvalue weighted by molar-refractivity contribution is 0.337. The Morgan fingerprint density at radius 1 is 1.08 bits per heavy atom. The molecule has 3 rings (SSSR count). The second-order valence-electron chi connectivity index (χ2n) is 5.20. The highest BCUT2D eigenvalue weighted by Gasteiger charge is 2.12. The van der Waals surface area contributed by atoms with Gasteiger partial charge in [-0.3, -0.25) is 0 Å². The average molecular weight is 343 g/mol. The number of ether oxygens (including phenoxy) is 1. The number of hydrogen-bond donors (Lipinski definition) is 0. The lowest BCUT2D eigenvalue weighted by Gasteiger charge is -2.09. The first-order chi connectivity index (χ1) is 11.7. The van der Waals surface area contributed by atoms with Crippen molar-refractivity contribution in [3.8, 4) is 17.1 Å². The molecule has 1 aromatic heterocycles. The summed E-state index contributed by atoms with van der Waals surface area (Å²) in [6, 6.07) is 14.3. The van der Waals surface area contributed by atoms with Gasteiger partial charge in [-0.1, -0.05) is 30.0 Å². The van der Waals surface area contributed by atoms with Gasteiger partial charge in [0.15, 0.2) is 11.0 Å². The molecule has 1 heterocycles. The van der Waals surface area contributed by atoms with Crippen LogP contribution < -0.4 is 4.74 Å². The van der Waals surface area contributed by atoms with Gasteiger partial charge in [-0.2, -0.15) is 0 Å². The summed E-state index contributed by atoms with van der Waals surface area (Å²) in [7, 11) is 1.91. The van der Waals surface area contributed by atoms with Gasteiger partial charge in [0.25, 0.3) is 0 Å². The maximum atomic E-state index is 13.1. The van der Waals surface area contributed by atoms with Crippen LogP contribution in [0.2, 0.25) is 0 Å². The van der Waals surface area contributed by atoms with Crippen molar-refractivity contribution in [1.82, 2.24) is 14.8 Å². The fourth-order valence-electron chi connectivity index (χ4n) is 2.35. The number of aromatic nitrogens is 3. The van der Waals surface area contributed by atoms with Crippen LogP contribution in [0, 0.1) is 5.82 Å². The lowest BCUT2D eigenvalue weighted by Crippen LogP contribution is -1.97. The van der Waals surface area contributed by atoms with Crippen molar-refractivity contribution in [2.45, 2.75) is 17.8 Å². The Kier molecular flexibility index (Phi) is 5.15. The molecule has 0 saturated heterocycles. The van der Waals surface area contributed by atoms with Crippen LogP contribution in [0.25, 0.3) is 11.4 Å². The van der Waals surface area contributed by atoms with E-state index in [1.54, 1.807) is 23.9 Å². The van der Waals surface area contributed by atoms with E-state index >= 15 is 0 Å². The highest BCUT2D eigenvalue weighted by atomic mass is 32.2. The molecule has 0 spiro atoms. The van der Waals surface area contributed by atoms with Crippen molar-refractivity contribution in [2.24, 2.45) is 7.05 Å². The number of hydrogen-bond acceptors (Lipinski definition) is 4. The van der Waals surface area contributed by atoms with Crippen LogP contribution in [0.5, 0.6) is 5.75 Å². The zero-order chi connectivity index (χ0) is 16.9. The molecule has 4 nitrogen and oxygen atoms in total. The normalized spacial score (nSPS) is 10.8. The predicted molar refractivity (Wildman–Crippen MR) is 93.6 cm³/mol. The van der Waals surface area contributed by atoms with Crippen molar-refractivity contribution >= 4 is 11.8 Å². The maximum Gasteiger partial charge on any atom is 0.191 e. The molecule has 0 bridgehead atoms. The molecule has 0 aliphatic carbocycles. The Labute approximate surface area is 144 Å². The lowest BCUT2D eigenvalue weighted by atomic mass is 10.2. The number of rotatable bonds is 6. The van der Waals surface area contributed by atoms with Crippen molar-refractivity contribution in [3.63, 3.8) is 0 Å². The highest BCUT2D eigenvalue weighted by Crippen LogP contribution is 2.28. The van der Waals surface area contributed by atoms with Crippen LogP contribution in [0.15, 0.2) is 53.7 Å². The van der Waals surface area contributed by atoms with Crippen LogP contribution in [0.3, 0.4) is 0 Å². The predicted octanol–water partition coefficient (Wildman–Crippen LogP) is 4.31. The summed E-state index contributed by atoms with van der Waals surface area (Å²) in [5.41, 5.74) is 1.96. The number of nitrogens with zero attached hydrogens (tertiary/aromatic N) is 3. The summed E-state index contributed by atoms with van der Waals surface area (Å²) >= 11 is 1.59. The Hall–Kier alpha value is -2.34. The van der Waals surface area contributed by atoms with E-state index in [0.29, 0.717) is 6.61 Å². The number of benzene rings is 2. The van der Waals surface area contributed by atoms with Crippen molar-refractivity contribution in [3.05, 3.63) is 59.9 Å². The van der Waals surface area contributed by atoms with E-state index < -0.39 is 0 Å². The van der Waals surface area contributed by atoms with E-state index in [2.05, 4.69) is 16.3 Å². The molecule has 0 radical (unpaired) electrons. The van der Waals surface area contributed by atoms with Crippen molar-refractivity contribution in [2.75, 3.05) is 6.61 Å². The van der Waals surface area contributed by atoms with E-state index in [4.69, 9.17) is 4.74 Å². The molecule has 0 amide bonds. The molecule has 0 aliphatic heterocycles. The summed E-state index contributed by atoms with van der Waals surface area (Å²) in [5.74, 6) is 2.10. The van der Waals surface area contributed by atoms with Crippen LogP contribution in [-0.4, -0.2) is 21.4 Å². The van der Waals surface area contributed by atoms with E-state index in [9.17, 15) is 4.39 Å². The quantitative estimate of drug-likeness (QED) is 0.625. The molecule has 6 heteroatoms. The first kappa shape index (κ1) is 16.5. The fourth-order valence-corrected chi connectivity index (χ4v) is 3.25. The SMILES string of the molecule is CCOc1ccccc1CSc1nnc(-c2ccc(F)cc2)n1C. The summed E-state index contributed by atoms with van der Waals surface area (Å²) < 4.78 is 20.6. The Balaban J connectivity index is 1.76. The van der Waals surface area contributed by atoms with E-state index in [1.807, 2.05) is 36.7 Å². The second-order valence-corrected chi connectivity index (χ2v) is 6.14. The van der Waals surface area contributed by atoms with Crippen LogP contribution in [-0.2, 0) is 12.8 Å². The minimum atomic E-state index is -0.261. The van der Waals surface area contributed by atoms with Gasteiger partial charge < -0.3 is 9.30 Å². The Morgan fingerprint density at radius 3 is 2.58 bits per heavy atom. The minimum Gasteiger partial charge on any atom is -0.494 e. The van der Waals surface area contributed by atoms with E-state index in [1.165, 1.54) is 12.1 Å². The van der Waals surface area contributed by atoms with E-state index in [0.717, 1.165) is 33.6 Å². The van der Waals surface area contributed by atoms with Crippen molar-refractivity contribution < 1.29 is 9.13 Å². The molecule has 0 fully saturated rings. The largest absolute Gasteiger partial charge is 0.494 e. The number of halogens is 1. The fraction of sp³-hybridized carbons (Fsp3) is 0.222. The summed E-state index contributed by atoms with van der Waals surface area (Å²) in [4.78, 5) is 0. The molecule has 24 heavy (non-hydrogen) atoms. The third-order valence-electron chi connectivity index (χ3n) is 3.57. The number of thioether (sulfide) groups is 1. The molecule has 3 aromatic rings. The molecular formula is C18H18FN3OS. The molecule has 124 valence electrons. The average Bonchev–Trinajstić information content (AvgIpc) is 2.96. The van der Waals surface area contributed by atoms with Gasteiger partial charge in [-0.25, -0.2) is 4.39 Å². The van der Waals surface area contributed by atoms with Gasteiger partial charge in [0.05, 0.1) is 6.61 Å². The highest BCUT2D eigenvalue weighted by molar-refractivity contribution is 7.98. The van der Waals surface area contributed by atoms with Gasteiger partial charge >= 0.3 is 0 Å². The van der Waals surface area contributed by atoms with Gasteiger partial charge in [0, 0.05) is 23.9 Å². The van der Waals surface area contributed by atoms with E-state index in [-0.39, 0.29) is 5.82 Å². The smallest absolute Gasteiger partial charge is 0.191 e. The standard InChI is InChI=1S/C18H18FN3OS/c1-3-23-16-7-5-4-6-14(16)12-24-18-21-20-17(22(18)2)13-8-10-15(19)11-9-13/h4-11H,3,12H2,1-2H3. The Morgan fingerprint density at radius 2 is 1.83 bits per heavy atom. The molecule has 0 atom stereocenters. The zero-order valence-corrected chi connectivity index (χ0v) is 14.4. The molecule has 2 aromatic carbocycles. The Bertz CT molecular complexity index is 817. The first-order valence-corrected chi connectivity index (χ1v) is 8.66. The van der Waals surface area contributed by atoms with Crippen LogP contribution in [0.1, 0.15) is 12.5 Å². The van der Waals surface area contributed by atoms with Gasteiger partial charge in [0.2, 0.25) is 0 Å². The van der Waals surface area contributed by atoms with Gasteiger partial charge in [0.1, 0.15) is 11.6 Å². The first-order valence-electron chi connectivity index (χ1n) is 7.68. The monoisotopic (exact) mass is 343 g/mol. The second kappa shape index (κ2) is 7.49. The third kappa shape index (κ3) is 3.59. The van der Waals surface area contributed by atoms with Gasteiger partial charge in [-0.15, -0.1) is 10.2 Å². The molecule has 0 unspecified atom stereocenters. The maximum absolute atomic E-state index is 13.1. The summed E-state index contributed by atoms with van der Waals surface area (Å²) in [6.45, 7) is 2.61. The zero-order valence-electron chi connectivity index (χ0n) is 13.6. The summed E-state index contributed by atoms with van der Waals surface area (Å²) in [6.07, 6.45) is 0. The molecular weight excluding hydrogens is 325 g/mol. The molecule has 0 saturated carbocycles. The van der Waals surface area contributed by atoms with Crippen LogP contribution >= 0.6 is 11.8 Å². The van der Waals surface area contributed by atoms with Crippen molar-refractivity contribution in [1.29, 1.82) is 0 Å². The summed E-state index contributed by atoms with van der Waals surface area (Å²) in [5, 5.41) is 9.28.